The van der Waals surface area contributed by atoms with Crippen LogP contribution in [0.25, 0.3) is 0 Å². The highest BCUT2D eigenvalue weighted by atomic mass is 79.9. The van der Waals surface area contributed by atoms with Crippen molar-refractivity contribution in [2.75, 3.05) is 13.1 Å². The van der Waals surface area contributed by atoms with E-state index in [0.717, 1.165) is 35.5 Å². The number of aryl methyl sites for hydroxylation is 2. The van der Waals surface area contributed by atoms with Crippen LogP contribution in [0.2, 0.25) is 0 Å². The molecule has 0 aliphatic carbocycles. The van der Waals surface area contributed by atoms with Crippen molar-refractivity contribution in [3.8, 4) is 0 Å². The molecule has 6 heteroatoms. The van der Waals surface area contributed by atoms with E-state index in [2.05, 4.69) is 32.9 Å². The van der Waals surface area contributed by atoms with Gasteiger partial charge in [0.15, 0.2) is 0 Å². The van der Waals surface area contributed by atoms with Gasteiger partial charge < -0.3 is 5.11 Å². The van der Waals surface area contributed by atoms with Crippen LogP contribution in [0.5, 0.6) is 0 Å². The van der Waals surface area contributed by atoms with Crippen LogP contribution in [0.3, 0.4) is 0 Å². The fourth-order valence-electron chi connectivity index (χ4n) is 2.60. The number of halogens is 1. The van der Waals surface area contributed by atoms with Gasteiger partial charge in [-0.1, -0.05) is 0 Å². The molecule has 19 heavy (non-hydrogen) atoms. The van der Waals surface area contributed by atoms with Crippen LogP contribution in [0, 0.1) is 12.3 Å². The zero-order valence-corrected chi connectivity index (χ0v) is 13.2. The molecule has 0 bridgehead atoms. The lowest BCUT2D eigenvalue weighted by Crippen LogP contribution is -2.32. The van der Waals surface area contributed by atoms with Crippen molar-refractivity contribution in [1.82, 2.24) is 14.7 Å². The number of carboxylic acids is 1. The van der Waals surface area contributed by atoms with Crippen LogP contribution < -0.4 is 0 Å². The van der Waals surface area contributed by atoms with Crippen molar-refractivity contribution in [1.29, 1.82) is 0 Å². The quantitative estimate of drug-likeness (QED) is 0.920. The predicted octanol–water partition coefficient (Wildman–Crippen LogP) is 2.27. The number of aliphatic carboxylic acids is 1. The number of rotatable bonds is 4. The Bertz CT molecular complexity index is 500. The topological polar surface area (TPSA) is 58.4 Å². The first-order valence-corrected chi connectivity index (χ1v) is 7.34. The molecule has 2 rings (SSSR count). The highest BCUT2D eigenvalue weighted by Crippen LogP contribution is 2.32. The summed E-state index contributed by atoms with van der Waals surface area (Å²) < 4.78 is 3.02. The summed E-state index contributed by atoms with van der Waals surface area (Å²) in [5.74, 6) is -0.700. The molecule has 0 amide bonds. The summed E-state index contributed by atoms with van der Waals surface area (Å²) in [4.78, 5) is 13.5. The fourth-order valence-corrected chi connectivity index (χ4v) is 3.01. The Morgan fingerprint density at radius 2 is 2.26 bits per heavy atom. The lowest BCUT2D eigenvalue weighted by molar-refractivity contribution is -0.147. The molecule has 0 saturated carbocycles. The smallest absolute Gasteiger partial charge is 0.310 e. The number of carbonyl (C=O) groups is 1. The molecule has 1 saturated heterocycles. The molecule has 1 aliphatic heterocycles. The Kier molecular flexibility index (Phi) is 4.01. The largest absolute Gasteiger partial charge is 0.481 e. The molecule has 1 fully saturated rings. The summed E-state index contributed by atoms with van der Waals surface area (Å²) in [6, 6.07) is 0. The molecule has 106 valence electrons. The minimum absolute atomic E-state index is 0.600. The Labute approximate surface area is 121 Å². The first-order chi connectivity index (χ1) is 8.87. The van der Waals surface area contributed by atoms with E-state index in [1.807, 2.05) is 18.5 Å². The standard InChI is InChI=1S/C13H20BrN3O2/c1-4-17-10(11(14)9(2)15-17)7-16-6-5-13(3,8-16)12(18)19/h4-8H2,1-3H3,(H,18,19). The number of hydrogen-bond donors (Lipinski definition) is 1. The Hall–Kier alpha value is -0.880. The van der Waals surface area contributed by atoms with Gasteiger partial charge in [-0.3, -0.25) is 14.4 Å². The molecule has 1 atom stereocenters. The van der Waals surface area contributed by atoms with Crippen molar-refractivity contribution in [2.45, 2.75) is 40.3 Å². The van der Waals surface area contributed by atoms with Crippen LogP contribution in [-0.4, -0.2) is 38.8 Å². The van der Waals surface area contributed by atoms with Gasteiger partial charge in [-0.15, -0.1) is 0 Å². The maximum Gasteiger partial charge on any atom is 0.310 e. The fraction of sp³-hybridized carbons (Fsp3) is 0.692. The number of carboxylic acid groups (broad SMARTS) is 1. The number of aromatic nitrogens is 2. The van der Waals surface area contributed by atoms with Gasteiger partial charge in [-0.25, -0.2) is 0 Å². The molecule has 5 nitrogen and oxygen atoms in total. The summed E-state index contributed by atoms with van der Waals surface area (Å²) >= 11 is 3.58. The minimum atomic E-state index is -0.700. The molecular weight excluding hydrogens is 310 g/mol. The van der Waals surface area contributed by atoms with Gasteiger partial charge >= 0.3 is 5.97 Å². The molecule has 0 spiro atoms. The molecular formula is C13H20BrN3O2. The van der Waals surface area contributed by atoms with Crippen LogP contribution >= 0.6 is 15.9 Å². The molecule has 0 aromatic carbocycles. The van der Waals surface area contributed by atoms with E-state index in [1.165, 1.54) is 0 Å². The number of hydrogen-bond acceptors (Lipinski definition) is 3. The monoisotopic (exact) mass is 329 g/mol. The predicted molar refractivity (Wildman–Crippen MR) is 76.0 cm³/mol. The van der Waals surface area contributed by atoms with Crippen LogP contribution in [0.1, 0.15) is 31.7 Å². The van der Waals surface area contributed by atoms with Crippen molar-refractivity contribution in [3.63, 3.8) is 0 Å². The van der Waals surface area contributed by atoms with E-state index in [4.69, 9.17) is 0 Å². The summed E-state index contributed by atoms with van der Waals surface area (Å²) in [5, 5.41) is 13.7. The van der Waals surface area contributed by atoms with Gasteiger partial charge in [-0.05, 0) is 49.7 Å². The van der Waals surface area contributed by atoms with E-state index >= 15 is 0 Å². The Morgan fingerprint density at radius 3 is 2.79 bits per heavy atom. The lowest BCUT2D eigenvalue weighted by Gasteiger charge is -2.20. The molecule has 1 aliphatic rings. The second-order valence-corrected chi connectivity index (χ2v) is 6.28. The molecule has 0 radical (unpaired) electrons. The van der Waals surface area contributed by atoms with Crippen LogP contribution in [0.15, 0.2) is 4.47 Å². The van der Waals surface area contributed by atoms with Gasteiger partial charge in [0.1, 0.15) is 0 Å². The zero-order chi connectivity index (χ0) is 14.2. The van der Waals surface area contributed by atoms with Crippen molar-refractivity contribution < 1.29 is 9.90 Å². The molecule has 1 aromatic rings. The summed E-state index contributed by atoms with van der Waals surface area (Å²) in [6.45, 7) is 8.86. The molecule has 1 N–H and O–H groups in total. The normalized spacial score (nSPS) is 24.0. The Morgan fingerprint density at radius 1 is 1.58 bits per heavy atom. The first-order valence-electron chi connectivity index (χ1n) is 6.55. The van der Waals surface area contributed by atoms with Crippen molar-refractivity contribution in [2.24, 2.45) is 5.41 Å². The molecule has 1 aromatic heterocycles. The highest BCUT2D eigenvalue weighted by molar-refractivity contribution is 9.10. The second-order valence-electron chi connectivity index (χ2n) is 5.49. The van der Waals surface area contributed by atoms with Gasteiger partial charge in [0.05, 0.1) is 21.3 Å². The van der Waals surface area contributed by atoms with Gasteiger partial charge in [0.2, 0.25) is 0 Å². The average molecular weight is 330 g/mol. The van der Waals surface area contributed by atoms with E-state index < -0.39 is 11.4 Å². The van der Waals surface area contributed by atoms with Crippen LogP contribution in [0.4, 0.5) is 0 Å². The summed E-state index contributed by atoms with van der Waals surface area (Å²) in [6.07, 6.45) is 0.708. The van der Waals surface area contributed by atoms with Gasteiger partial charge in [0.25, 0.3) is 0 Å². The van der Waals surface area contributed by atoms with E-state index in [-0.39, 0.29) is 0 Å². The van der Waals surface area contributed by atoms with Crippen LogP contribution in [-0.2, 0) is 17.9 Å². The lowest BCUT2D eigenvalue weighted by atomic mass is 9.90. The maximum atomic E-state index is 11.3. The SMILES string of the molecule is CCn1nc(C)c(Br)c1CN1CCC(C)(C(=O)O)C1. The molecule has 1 unspecified atom stereocenters. The van der Waals surface area contributed by atoms with Crippen molar-refractivity contribution >= 4 is 21.9 Å². The van der Waals surface area contributed by atoms with Gasteiger partial charge in [-0.2, -0.15) is 5.10 Å². The third kappa shape index (κ3) is 2.69. The van der Waals surface area contributed by atoms with Gasteiger partial charge in [0, 0.05) is 19.6 Å². The highest BCUT2D eigenvalue weighted by Gasteiger charge is 2.40. The minimum Gasteiger partial charge on any atom is -0.481 e. The van der Waals surface area contributed by atoms with E-state index in [1.54, 1.807) is 0 Å². The summed E-state index contributed by atoms with van der Waals surface area (Å²) in [5.41, 5.74) is 1.50. The van der Waals surface area contributed by atoms with E-state index in [9.17, 15) is 9.90 Å². The second kappa shape index (κ2) is 5.25. The molecule has 2 heterocycles. The maximum absolute atomic E-state index is 11.3. The Balaban J connectivity index is 2.13. The average Bonchev–Trinajstić information content (AvgIpc) is 2.86. The number of likely N-dealkylation sites (tertiary alicyclic amines) is 1. The third-order valence-corrected chi connectivity index (χ3v) is 4.93. The summed E-state index contributed by atoms with van der Waals surface area (Å²) in [7, 11) is 0. The third-order valence-electron chi connectivity index (χ3n) is 3.89. The van der Waals surface area contributed by atoms with E-state index in [0.29, 0.717) is 13.0 Å². The number of nitrogens with zero attached hydrogens (tertiary/aromatic N) is 3. The van der Waals surface area contributed by atoms with Crippen molar-refractivity contribution in [3.05, 3.63) is 15.9 Å². The first kappa shape index (κ1) is 14.5. The zero-order valence-electron chi connectivity index (χ0n) is 11.6.